The normalized spacial score (nSPS) is 13.4. The summed E-state index contributed by atoms with van der Waals surface area (Å²) in [6, 6.07) is 15.4. The van der Waals surface area contributed by atoms with Gasteiger partial charge in [0.15, 0.2) is 12.4 Å². The van der Waals surface area contributed by atoms with Gasteiger partial charge in [0.05, 0.1) is 6.04 Å². The van der Waals surface area contributed by atoms with Crippen LogP contribution in [0.15, 0.2) is 48.5 Å². The molecule has 4 rings (SSSR count). The lowest BCUT2D eigenvalue weighted by molar-refractivity contribution is -0.118. The smallest absolute Gasteiger partial charge is 0.262 e. The van der Waals surface area contributed by atoms with E-state index in [1.807, 2.05) is 53.2 Å². The molecule has 0 aliphatic heterocycles. The van der Waals surface area contributed by atoms with Gasteiger partial charge in [-0.05, 0) is 82.3 Å². The van der Waals surface area contributed by atoms with Gasteiger partial charge in [0.2, 0.25) is 0 Å². The average molecular weight is 461 g/mol. The Balaban J connectivity index is 1.41. The Bertz CT molecular complexity index is 921. The minimum absolute atomic E-state index is 0.0510. The number of anilines is 1. The van der Waals surface area contributed by atoms with E-state index in [4.69, 9.17) is 4.74 Å². The third-order valence-electron chi connectivity index (χ3n) is 3.97. The molecule has 0 spiro atoms. The largest absolute Gasteiger partial charge is 0.484 e. The molecule has 0 bridgehead atoms. The summed E-state index contributed by atoms with van der Waals surface area (Å²) in [7, 11) is 0. The zero-order valence-electron chi connectivity index (χ0n) is 13.8. The number of ether oxygens (including phenoxy) is 1. The maximum atomic E-state index is 12.2. The topological polar surface area (TPSA) is 81.9 Å². The highest BCUT2D eigenvalue weighted by atomic mass is 127. The number of carbonyl (C=O) groups excluding carboxylic acids is 1. The van der Waals surface area contributed by atoms with E-state index < -0.39 is 0 Å². The molecule has 0 saturated heterocycles. The molecular formula is C18H16IN5O2. The van der Waals surface area contributed by atoms with Crippen molar-refractivity contribution in [1.82, 2.24) is 20.2 Å². The Morgan fingerprint density at radius 3 is 2.81 bits per heavy atom. The Morgan fingerprint density at radius 1 is 1.23 bits per heavy atom. The zero-order chi connectivity index (χ0) is 17.9. The molecule has 8 heteroatoms. The van der Waals surface area contributed by atoms with Gasteiger partial charge in [-0.25, -0.2) is 4.68 Å². The quantitative estimate of drug-likeness (QED) is 0.570. The number of amides is 1. The van der Waals surface area contributed by atoms with E-state index in [9.17, 15) is 4.79 Å². The maximum Gasteiger partial charge on any atom is 0.262 e. The molecule has 3 aromatic rings. The Kier molecular flexibility index (Phi) is 4.83. The lowest BCUT2D eigenvalue weighted by Crippen LogP contribution is -2.20. The molecule has 1 heterocycles. The number of rotatable bonds is 6. The van der Waals surface area contributed by atoms with Gasteiger partial charge in [-0.1, -0.05) is 12.1 Å². The van der Waals surface area contributed by atoms with Crippen molar-refractivity contribution in [3.63, 3.8) is 0 Å². The Labute approximate surface area is 163 Å². The summed E-state index contributed by atoms with van der Waals surface area (Å²) < 4.78 is 8.47. The predicted molar refractivity (Wildman–Crippen MR) is 105 cm³/mol. The van der Waals surface area contributed by atoms with Crippen LogP contribution in [0.2, 0.25) is 0 Å². The van der Waals surface area contributed by atoms with Crippen LogP contribution in [0.4, 0.5) is 5.69 Å². The number of halogens is 1. The highest BCUT2D eigenvalue weighted by Crippen LogP contribution is 2.36. The molecule has 0 radical (unpaired) electrons. The summed E-state index contributed by atoms with van der Waals surface area (Å²) in [5.74, 6) is 1.17. The van der Waals surface area contributed by atoms with Crippen molar-refractivity contribution in [3.8, 4) is 17.1 Å². The van der Waals surface area contributed by atoms with Crippen molar-refractivity contribution in [2.24, 2.45) is 0 Å². The molecule has 2 aromatic carbocycles. The molecular weight excluding hydrogens is 445 g/mol. The second-order valence-corrected chi connectivity index (χ2v) is 7.30. The van der Waals surface area contributed by atoms with Crippen LogP contribution in [0.5, 0.6) is 5.75 Å². The van der Waals surface area contributed by atoms with Gasteiger partial charge < -0.3 is 10.1 Å². The van der Waals surface area contributed by atoms with Crippen molar-refractivity contribution in [1.29, 1.82) is 0 Å². The third kappa shape index (κ3) is 4.01. The van der Waals surface area contributed by atoms with Gasteiger partial charge in [0.1, 0.15) is 5.75 Å². The molecule has 26 heavy (non-hydrogen) atoms. The summed E-state index contributed by atoms with van der Waals surface area (Å²) >= 11 is 2.22. The van der Waals surface area contributed by atoms with Crippen LogP contribution in [-0.4, -0.2) is 32.7 Å². The monoisotopic (exact) mass is 461 g/mol. The zero-order valence-corrected chi connectivity index (χ0v) is 16.0. The fourth-order valence-corrected chi connectivity index (χ4v) is 2.92. The van der Waals surface area contributed by atoms with Crippen LogP contribution in [0, 0.1) is 3.57 Å². The molecule has 7 nitrogen and oxygen atoms in total. The first kappa shape index (κ1) is 17.0. The van der Waals surface area contributed by atoms with Crippen molar-refractivity contribution in [2.45, 2.75) is 18.9 Å². The molecule has 132 valence electrons. The molecule has 0 atom stereocenters. The fraction of sp³-hybridized carbons (Fsp3) is 0.222. The molecule has 1 fully saturated rings. The van der Waals surface area contributed by atoms with Gasteiger partial charge in [0, 0.05) is 14.8 Å². The summed E-state index contributed by atoms with van der Waals surface area (Å²) in [4.78, 5) is 12.2. The van der Waals surface area contributed by atoms with Crippen LogP contribution in [0.25, 0.3) is 11.4 Å². The van der Waals surface area contributed by atoms with E-state index in [1.54, 1.807) is 0 Å². The average Bonchev–Trinajstić information content (AvgIpc) is 3.38. The van der Waals surface area contributed by atoms with Crippen LogP contribution >= 0.6 is 22.6 Å². The van der Waals surface area contributed by atoms with E-state index in [1.165, 1.54) is 0 Å². The standard InChI is InChI=1S/C18H16IN5O2/c19-13-4-8-16(9-5-13)26-11-17(25)20-14-3-1-2-12(10-14)18-21-22-23-24(18)15-6-7-15/h1-5,8-10,15H,6-7,11H2,(H,20,25). The second kappa shape index (κ2) is 7.40. The van der Waals surface area contributed by atoms with Crippen LogP contribution in [-0.2, 0) is 4.79 Å². The molecule has 1 amide bonds. The number of nitrogens with one attached hydrogen (secondary N) is 1. The van der Waals surface area contributed by atoms with Crippen LogP contribution < -0.4 is 10.1 Å². The first-order valence-electron chi connectivity index (χ1n) is 8.25. The van der Waals surface area contributed by atoms with Gasteiger partial charge >= 0.3 is 0 Å². The van der Waals surface area contributed by atoms with E-state index in [-0.39, 0.29) is 12.5 Å². The van der Waals surface area contributed by atoms with Crippen LogP contribution in [0.3, 0.4) is 0 Å². The molecule has 1 saturated carbocycles. The number of nitrogens with zero attached hydrogens (tertiary/aromatic N) is 4. The lowest BCUT2D eigenvalue weighted by atomic mass is 10.2. The maximum absolute atomic E-state index is 12.2. The first-order valence-corrected chi connectivity index (χ1v) is 9.33. The van der Waals surface area contributed by atoms with Gasteiger partial charge in [-0.2, -0.15) is 0 Å². The van der Waals surface area contributed by atoms with E-state index in [0.717, 1.165) is 27.8 Å². The Hall–Kier alpha value is -2.49. The highest BCUT2D eigenvalue weighted by molar-refractivity contribution is 14.1. The number of hydrogen-bond donors (Lipinski definition) is 1. The second-order valence-electron chi connectivity index (χ2n) is 6.05. The van der Waals surface area contributed by atoms with E-state index >= 15 is 0 Å². The SMILES string of the molecule is O=C(COc1ccc(I)cc1)Nc1cccc(-c2nnnn2C2CC2)c1. The summed E-state index contributed by atoms with van der Waals surface area (Å²) in [6.07, 6.45) is 2.20. The summed E-state index contributed by atoms with van der Waals surface area (Å²) in [6.45, 7) is -0.0510. The van der Waals surface area contributed by atoms with E-state index in [2.05, 4.69) is 43.4 Å². The fourth-order valence-electron chi connectivity index (χ4n) is 2.56. The minimum Gasteiger partial charge on any atom is -0.484 e. The van der Waals surface area contributed by atoms with Crippen LogP contribution in [0.1, 0.15) is 18.9 Å². The molecule has 1 aromatic heterocycles. The number of aromatic nitrogens is 4. The number of benzene rings is 2. The molecule has 1 aliphatic carbocycles. The molecule has 1 N–H and O–H groups in total. The van der Waals surface area contributed by atoms with E-state index in [0.29, 0.717) is 17.5 Å². The molecule has 1 aliphatic rings. The van der Waals surface area contributed by atoms with Crippen molar-refractivity contribution >= 4 is 34.2 Å². The number of hydrogen-bond acceptors (Lipinski definition) is 5. The van der Waals surface area contributed by atoms with Gasteiger partial charge in [-0.3, -0.25) is 4.79 Å². The minimum atomic E-state index is -0.220. The van der Waals surface area contributed by atoms with Crippen molar-refractivity contribution in [3.05, 3.63) is 52.1 Å². The lowest BCUT2D eigenvalue weighted by Gasteiger charge is -2.09. The predicted octanol–water partition coefficient (Wildman–Crippen LogP) is 3.30. The van der Waals surface area contributed by atoms with Crippen molar-refractivity contribution in [2.75, 3.05) is 11.9 Å². The summed E-state index contributed by atoms with van der Waals surface area (Å²) in [5.41, 5.74) is 1.56. The Morgan fingerprint density at radius 2 is 2.04 bits per heavy atom. The third-order valence-corrected chi connectivity index (χ3v) is 4.69. The number of carbonyl (C=O) groups is 1. The van der Waals surface area contributed by atoms with Gasteiger partial charge in [0.25, 0.3) is 5.91 Å². The highest BCUT2D eigenvalue weighted by Gasteiger charge is 2.28. The summed E-state index contributed by atoms with van der Waals surface area (Å²) in [5, 5.41) is 14.8. The van der Waals surface area contributed by atoms with Gasteiger partial charge in [-0.15, -0.1) is 5.10 Å². The van der Waals surface area contributed by atoms with Crippen molar-refractivity contribution < 1.29 is 9.53 Å². The molecule has 0 unspecified atom stereocenters. The first-order chi connectivity index (χ1) is 12.7. The number of tetrazole rings is 1.